The van der Waals surface area contributed by atoms with Crippen LogP contribution in [0.1, 0.15) is 12.8 Å². The Kier molecular flexibility index (Phi) is 4.90. The third-order valence-electron chi connectivity index (χ3n) is 2.62. The van der Waals surface area contributed by atoms with Crippen LogP contribution in [0.25, 0.3) is 0 Å². The van der Waals surface area contributed by atoms with Crippen molar-refractivity contribution in [2.24, 2.45) is 0 Å². The summed E-state index contributed by atoms with van der Waals surface area (Å²) in [4.78, 5) is 23.8. The molecule has 1 rings (SSSR count). The Morgan fingerprint density at radius 3 is 2.71 bits per heavy atom. The third kappa shape index (κ3) is 4.03. The van der Waals surface area contributed by atoms with Gasteiger partial charge in [-0.05, 0) is 18.9 Å². The summed E-state index contributed by atoms with van der Waals surface area (Å²) in [5, 5.41) is 11.5. The molecule has 0 spiro atoms. The Morgan fingerprint density at radius 2 is 2.24 bits per heavy atom. The van der Waals surface area contributed by atoms with Crippen LogP contribution in [0.5, 0.6) is 0 Å². The summed E-state index contributed by atoms with van der Waals surface area (Å²) < 4.78 is 0. The molecule has 0 aromatic heterocycles. The van der Waals surface area contributed by atoms with Gasteiger partial charge >= 0.3 is 0 Å². The molecule has 0 bridgehead atoms. The van der Waals surface area contributed by atoms with Crippen molar-refractivity contribution < 1.29 is 14.7 Å². The van der Waals surface area contributed by atoms with Crippen LogP contribution in [-0.2, 0) is 9.59 Å². The van der Waals surface area contributed by atoms with Crippen LogP contribution in [0.3, 0.4) is 0 Å². The Hall–Kier alpha value is -1.62. The fraction of sp³-hybridized carbons (Fsp3) is 0.500. The first-order valence-corrected chi connectivity index (χ1v) is 5.53. The van der Waals surface area contributed by atoms with E-state index in [1.54, 1.807) is 6.08 Å². The summed E-state index contributed by atoms with van der Waals surface area (Å²) in [6, 6.07) is 0. The first-order valence-electron chi connectivity index (χ1n) is 5.53. The van der Waals surface area contributed by atoms with Crippen molar-refractivity contribution in [3.05, 3.63) is 23.4 Å². The molecule has 1 unspecified atom stereocenters. The third-order valence-corrected chi connectivity index (χ3v) is 2.62. The van der Waals surface area contributed by atoms with Gasteiger partial charge in [-0.2, -0.15) is 0 Å². The second kappa shape index (κ2) is 6.20. The van der Waals surface area contributed by atoms with E-state index in [0.717, 1.165) is 6.42 Å². The zero-order chi connectivity index (χ0) is 12.8. The molecule has 0 saturated carbocycles. The molecule has 17 heavy (non-hydrogen) atoms. The Morgan fingerprint density at radius 1 is 1.53 bits per heavy atom. The molecule has 5 nitrogen and oxygen atoms in total. The summed E-state index contributed by atoms with van der Waals surface area (Å²) in [7, 11) is 3.93. The molecular weight excluding hydrogens is 220 g/mol. The van der Waals surface area contributed by atoms with Crippen LogP contribution in [0.15, 0.2) is 23.4 Å². The SMILES string of the molecule is CN(C)C1=CC=C(C(=O)NCC(O)C=O)CC1. The normalized spacial score (nSPS) is 16.6. The maximum absolute atomic E-state index is 11.6. The number of hydrogen-bond acceptors (Lipinski definition) is 4. The minimum absolute atomic E-state index is 0.0378. The molecule has 1 amide bonds. The molecule has 1 aliphatic rings. The van der Waals surface area contributed by atoms with E-state index in [4.69, 9.17) is 5.11 Å². The van der Waals surface area contributed by atoms with E-state index in [2.05, 4.69) is 5.32 Å². The summed E-state index contributed by atoms with van der Waals surface area (Å²) in [5.74, 6) is -0.222. The fourth-order valence-electron chi connectivity index (χ4n) is 1.55. The minimum atomic E-state index is -1.13. The number of hydrogen-bond donors (Lipinski definition) is 2. The van der Waals surface area contributed by atoms with Gasteiger partial charge in [0.1, 0.15) is 12.4 Å². The van der Waals surface area contributed by atoms with Crippen LogP contribution in [0.2, 0.25) is 0 Å². The van der Waals surface area contributed by atoms with Crippen LogP contribution >= 0.6 is 0 Å². The smallest absolute Gasteiger partial charge is 0.247 e. The number of aliphatic hydroxyl groups is 1. The summed E-state index contributed by atoms with van der Waals surface area (Å²) in [6.07, 6.45) is 4.46. The highest BCUT2D eigenvalue weighted by molar-refractivity contribution is 5.94. The summed E-state index contributed by atoms with van der Waals surface area (Å²) in [6.45, 7) is -0.0378. The van der Waals surface area contributed by atoms with E-state index in [0.29, 0.717) is 18.3 Å². The number of aldehydes is 1. The molecule has 0 saturated heterocycles. The molecule has 1 atom stereocenters. The topological polar surface area (TPSA) is 69.6 Å². The highest BCUT2D eigenvalue weighted by atomic mass is 16.3. The fourth-order valence-corrected chi connectivity index (χ4v) is 1.55. The van der Waals surface area contributed by atoms with E-state index >= 15 is 0 Å². The van der Waals surface area contributed by atoms with E-state index < -0.39 is 6.10 Å². The molecule has 0 aliphatic heterocycles. The molecule has 0 aromatic rings. The lowest BCUT2D eigenvalue weighted by molar-refractivity contribution is -0.119. The van der Waals surface area contributed by atoms with Gasteiger partial charge in [0.2, 0.25) is 5.91 Å². The summed E-state index contributed by atoms with van der Waals surface area (Å²) >= 11 is 0. The van der Waals surface area contributed by atoms with Crippen molar-refractivity contribution >= 4 is 12.2 Å². The molecular formula is C12H18N2O3. The van der Waals surface area contributed by atoms with Gasteiger partial charge in [0, 0.05) is 25.4 Å². The van der Waals surface area contributed by atoms with E-state index in [1.807, 2.05) is 25.1 Å². The van der Waals surface area contributed by atoms with Crippen LogP contribution in [-0.4, -0.2) is 48.9 Å². The van der Waals surface area contributed by atoms with Crippen LogP contribution < -0.4 is 5.32 Å². The molecule has 0 heterocycles. The monoisotopic (exact) mass is 238 g/mol. The lowest BCUT2D eigenvalue weighted by Gasteiger charge is -2.20. The first-order chi connectivity index (χ1) is 8.04. The maximum atomic E-state index is 11.6. The highest BCUT2D eigenvalue weighted by Gasteiger charge is 2.14. The predicted octanol–water partition coefficient (Wildman–Crippen LogP) is -0.172. The van der Waals surface area contributed by atoms with Crippen molar-refractivity contribution in [2.45, 2.75) is 18.9 Å². The lowest BCUT2D eigenvalue weighted by Crippen LogP contribution is -2.34. The average Bonchev–Trinajstić information content (AvgIpc) is 2.35. The summed E-state index contributed by atoms with van der Waals surface area (Å²) in [5.41, 5.74) is 1.85. The van der Waals surface area contributed by atoms with Gasteiger partial charge in [-0.25, -0.2) is 0 Å². The number of aliphatic hydroxyl groups excluding tert-OH is 1. The second-order valence-electron chi connectivity index (χ2n) is 4.16. The average molecular weight is 238 g/mol. The standard InChI is InChI=1S/C12H18N2O3/c1-14(2)10-5-3-9(4-6-10)12(17)13-7-11(16)8-15/h3,5,8,11,16H,4,6-7H2,1-2H3,(H,13,17). The molecule has 0 aromatic carbocycles. The van der Waals surface area contributed by atoms with Crippen molar-refractivity contribution in [1.29, 1.82) is 0 Å². The van der Waals surface area contributed by atoms with Gasteiger partial charge in [0.05, 0.1) is 6.54 Å². The number of amides is 1. The minimum Gasteiger partial charge on any atom is -0.384 e. The van der Waals surface area contributed by atoms with Gasteiger partial charge < -0.3 is 20.1 Å². The van der Waals surface area contributed by atoms with E-state index in [-0.39, 0.29) is 12.5 Å². The second-order valence-corrected chi connectivity index (χ2v) is 4.16. The van der Waals surface area contributed by atoms with Gasteiger partial charge in [-0.15, -0.1) is 0 Å². The molecule has 0 fully saturated rings. The Bertz CT molecular complexity index is 359. The van der Waals surface area contributed by atoms with E-state index in [9.17, 15) is 9.59 Å². The number of rotatable bonds is 5. The zero-order valence-electron chi connectivity index (χ0n) is 10.1. The Balaban J connectivity index is 2.52. The van der Waals surface area contributed by atoms with Crippen molar-refractivity contribution in [3.8, 4) is 0 Å². The number of nitrogens with zero attached hydrogens (tertiary/aromatic N) is 1. The lowest BCUT2D eigenvalue weighted by atomic mass is 10.0. The highest BCUT2D eigenvalue weighted by Crippen LogP contribution is 2.19. The molecule has 94 valence electrons. The molecule has 5 heteroatoms. The van der Waals surface area contributed by atoms with Gasteiger partial charge in [-0.3, -0.25) is 4.79 Å². The molecule has 2 N–H and O–H groups in total. The van der Waals surface area contributed by atoms with Crippen LogP contribution in [0.4, 0.5) is 0 Å². The number of nitrogens with one attached hydrogen (secondary N) is 1. The number of carbonyl (C=O) groups is 2. The van der Waals surface area contributed by atoms with Crippen molar-refractivity contribution in [3.63, 3.8) is 0 Å². The van der Waals surface area contributed by atoms with Crippen molar-refractivity contribution in [1.82, 2.24) is 10.2 Å². The quantitative estimate of drug-likeness (QED) is 0.652. The zero-order valence-corrected chi connectivity index (χ0v) is 10.1. The van der Waals surface area contributed by atoms with Gasteiger partial charge in [-0.1, -0.05) is 6.08 Å². The van der Waals surface area contributed by atoms with E-state index in [1.165, 1.54) is 5.70 Å². The van der Waals surface area contributed by atoms with Gasteiger partial charge in [0.25, 0.3) is 0 Å². The maximum Gasteiger partial charge on any atom is 0.247 e. The molecule has 1 aliphatic carbocycles. The van der Waals surface area contributed by atoms with Crippen molar-refractivity contribution in [2.75, 3.05) is 20.6 Å². The largest absolute Gasteiger partial charge is 0.384 e. The first kappa shape index (κ1) is 13.4. The Labute approximate surface area is 101 Å². The van der Waals surface area contributed by atoms with Gasteiger partial charge in [0.15, 0.2) is 0 Å². The number of carbonyl (C=O) groups excluding carboxylic acids is 2. The molecule has 0 radical (unpaired) electrons. The predicted molar refractivity (Wildman–Crippen MR) is 64.2 cm³/mol. The van der Waals surface area contributed by atoms with Crippen LogP contribution in [0, 0.1) is 0 Å². The number of allylic oxidation sites excluding steroid dienone is 3.